The summed E-state index contributed by atoms with van der Waals surface area (Å²) in [6.45, 7) is 8.27. The molecule has 0 amide bonds. The molecule has 4 aromatic rings. The number of hydrogen-bond acceptors (Lipinski definition) is 4. The lowest BCUT2D eigenvalue weighted by molar-refractivity contribution is -0.177. The highest BCUT2D eigenvalue weighted by molar-refractivity contribution is 6.07. The number of carbonyl (C=O) groups excluding carboxylic acids is 1. The third kappa shape index (κ3) is 4.14. The summed E-state index contributed by atoms with van der Waals surface area (Å²) in [5, 5.41) is 0.975. The minimum atomic E-state index is -0.379. The number of nitrogens with one attached hydrogen (secondary N) is 1. The lowest BCUT2D eigenvalue weighted by Gasteiger charge is -2.56. The second kappa shape index (κ2) is 9.81. The van der Waals surface area contributed by atoms with Gasteiger partial charge in [-0.15, -0.1) is 0 Å². The van der Waals surface area contributed by atoms with E-state index in [9.17, 15) is 4.79 Å². The molecule has 2 saturated heterocycles. The van der Waals surface area contributed by atoms with Crippen LogP contribution >= 0.6 is 0 Å². The number of aromatic amines is 1. The highest BCUT2D eigenvalue weighted by Crippen LogP contribution is 2.50. The molecule has 0 bridgehead atoms. The summed E-state index contributed by atoms with van der Waals surface area (Å²) in [5.41, 5.74) is 7.94. The number of ether oxygens (including phenoxy) is 2. The van der Waals surface area contributed by atoms with Gasteiger partial charge in [0.15, 0.2) is 5.72 Å². The molecular weight excluding hydrogens is 496 g/mol. The Hall–Kier alpha value is -3.57. The molecule has 5 nitrogen and oxygen atoms in total. The number of nitrogens with zero attached hydrogens (tertiary/aromatic N) is 1. The fourth-order valence-electron chi connectivity index (χ4n) is 7.47. The van der Waals surface area contributed by atoms with Crippen molar-refractivity contribution in [1.82, 2.24) is 9.88 Å². The minimum absolute atomic E-state index is 0.180. The molecule has 1 N–H and O–H groups in total. The maximum Gasteiger partial charge on any atom is 0.341 e. The van der Waals surface area contributed by atoms with E-state index in [2.05, 4.69) is 65.3 Å². The molecule has 206 valence electrons. The Bertz CT molecular complexity index is 1580. The molecule has 3 aromatic carbocycles. The van der Waals surface area contributed by atoms with Crippen LogP contribution in [0.4, 0.5) is 0 Å². The van der Waals surface area contributed by atoms with E-state index in [1.807, 2.05) is 26.0 Å². The molecule has 1 spiro atoms. The van der Waals surface area contributed by atoms with Crippen LogP contribution in [0.1, 0.15) is 77.9 Å². The van der Waals surface area contributed by atoms with Crippen molar-refractivity contribution in [2.75, 3.05) is 13.1 Å². The summed E-state index contributed by atoms with van der Waals surface area (Å²) in [7, 11) is 0. The molecule has 1 aromatic heterocycles. The first-order valence-corrected chi connectivity index (χ1v) is 14.9. The molecule has 5 heteroatoms. The van der Waals surface area contributed by atoms with Crippen LogP contribution in [0, 0.1) is 19.8 Å². The smallest absolute Gasteiger partial charge is 0.341 e. The van der Waals surface area contributed by atoms with Gasteiger partial charge < -0.3 is 14.5 Å². The summed E-state index contributed by atoms with van der Waals surface area (Å²) < 4.78 is 13.1. The zero-order valence-electron chi connectivity index (χ0n) is 23.8. The number of rotatable bonds is 4. The largest absolute Gasteiger partial charge is 0.472 e. The summed E-state index contributed by atoms with van der Waals surface area (Å²) >= 11 is 0. The molecule has 3 aliphatic rings. The van der Waals surface area contributed by atoms with Crippen LogP contribution in [0.15, 0.2) is 60.7 Å². The van der Waals surface area contributed by atoms with E-state index in [1.165, 1.54) is 31.2 Å². The topological polar surface area (TPSA) is 54.6 Å². The minimum Gasteiger partial charge on any atom is -0.472 e. The van der Waals surface area contributed by atoms with Crippen LogP contribution in [0.3, 0.4) is 0 Å². The number of esters is 1. The van der Waals surface area contributed by atoms with E-state index >= 15 is 0 Å². The van der Waals surface area contributed by atoms with Gasteiger partial charge in [-0.05, 0) is 87.8 Å². The molecule has 0 radical (unpaired) electrons. The monoisotopic (exact) mass is 534 g/mol. The van der Waals surface area contributed by atoms with E-state index in [0.29, 0.717) is 11.5 Å². The van der Waals surface area contributed by atoms with Crippen molar-refractivity contribution in [2.45, 2.75) is 71.1 Å². The summed E-state index contributed by atoms with van der Waals surface area (Å²) in [6, 6.07) is 21.0. The molecular formula is C35H38N2O3. The molecule has 2 fully saturated rings. The van der Waals surface area contributed by atoms with Crippen molar-refractivity contribution in [3.63, 3.8) is 0 Å². The predicted octanol–water partition coefficient (Wildman–Crippen LogP) is 7.90. The van der Waals surface area contributed by atoms with E-state index < -0.39 is 0 Å². The lowest BCUT2D eigenvalue weighted by atomic mass is 9.74. The number of hydrogen-bond donors (Lipinski definition) is 1. The van der Waals surface area contributed by atoms with Gasteiger partial charge in [-0.1, -0.05) is 48.0 Å². The molecule has 3 unspecified atom stereocenters. The van der Waals surface area contributed by atoms with Crippen LogP contribution in [-0.2, 0) is 11.2 Å². The molecule has 3 aliphatic heterocycles. The van der Waals surface area contributed by atoms with Gasteiger partial charge in [-0.3, -0.25) is 4.90 Å². The van der Waals surface area contributed by atoms with Crippen LogP contribution in [-0.4, -0.2) is 34.7 Å². The van der Waals surface area contributed by atoms with Gasteiger partial charge in [0.2, 0.25) is 0 Å². The van der Waals surface area contributed by atoms with Gasteiger partial charge in [0, 0.05) is 47.6 Å². The van der Waals surface area contributed by atoms with Crippen molar-refractivity contribution in [2.24, 2.45) is 5.92 Å². The number of aryl methyl sites for hydroxylation is 2. The second-order valence-electron chi connectivity index (χ2n) is 12.1. The number of aromatic nitrogens is 1. The lowest BCUT2D eigenvalue weighted by Crippen LogP contribution is -2.64. The first-order chi connectivity index (χ1) is 19.4. The number of benzene rings is 3. The summed E-state index contributed by atoms with van der Waals surface area (Å²) in [6.07, 6.45) is 6.50. The first-order valence-electron chi connectivity index (χ1n) is 14.9. The molecule has 0 aliphatic carbocycles. The van der Waals surface area contributed by atoms with Crippen molar-refractivity contribution >= 4 is 16.9 Å². The SMILES string of the molecule is Cc1ccc(-c2cccc(C(C)OC(=O)c3c(C)[nH]c4ccc5c(c34)CC3CCCN4CCCCC34O5)c2)cc1. The summed E-state index contributed by atoms with van der Waals surface area (Å²) in [4.78, 5) is 19.9. The predicted molar refractivity (Wildman–Crippen MR) is 159 cm³/mol. The Morgan fingerprint density at radius 1 is 1.02 bits per heavy atom. The van der Waals surface area contributed by atoms with E-state index in [-0.39, 0.29) is 17.8 Å². The van der Waals surface area contributed by atoms with Crippen LogP contribution in [0.5, 0.6) is 5.75 Å². The van der Waals surface area contributed by atoms with E-state index in [0.717, 1.165) is 70.5 Å². The number of piperidine rings is 2. The van der Waals surface area contributed by atoms with Gasteiger partial charge in [-0.25, -0.2) is 4.79 Å². The fourth-order valence-corrected chi connectivity index (χ4v) is 7.47. The molecule has 4 heterocycles. The molecule has 0 saturated carbocycles. The standard InChI is InChI=1S/C35H38N2O3/c1-22-11-13-25(14-12-22)27-9-6-8-26(20-27)24(3)39-34(38)32-23(2)36-30-15-16-31-29(33(30)32)21-28-10-7-19-37-18-5-4-17-35(28,37)40-31/h6,8-9,11-16,20,24,28,36H,4-5,7,10,17-19,21H2,1-3H3. The Kier molecular flexibility index (Phi) is 6.23. The Balaban J connectivity index is 1.20. The van der Waals surface area contributed by atoms with Gasteiger partial charge in [0.25, 0.3) is 0 Å². The third-order valence-electron chi connectivity index (χ3n) is 9.55. The number of H-pyrrole nitrogens is 1. The van der Waals surface area contributed by atoms with Gasteiger partial charge in [-0.2, -0.15) is 0 Å². The van der Waals surface area contributed by atoms with Crippen LogP contribution < -0.4 is 4.74 Å². The van der Waals surface area contributed by atoms with Crippen molar-refractivity contribution in [3.8, 4) is 16.9 Å². The van der Waals surface area contributed by atoms with Crippen LogP contribution in [0.25, 0.3) is 22.0 Å². The van der Waals surface area contributed by atoms with Crippen molar-refractivity contribution in [1.29, 1.82) is 0 Å². The highest BCUT2D eigenvalue weighted by Gasteiger charge is 2.52. The van der Waals surface area contributed by atoms with Gasteiger partial charge in [0.1, 0.15) is 11.9 Å². The zero-order valence-corrected chi connectivity index (χ0v) is 23.8. The van der Waals surface area contributed by atoms with Gasteiger partial charge in [0.05, 0.1) is 5.56 Å². The number of fused-ring (bicyclic) bond motifs is 3. The van der Waals surface area contributed by atoms with Gasteiger partial charge >= 0.3 is 5.97 Å². The average molecular weight is 535 g/mol. The molecule has 40 heavy (non-hydrogen) atoms. The van der Waals surface area contributed by atoms with Crippen molar-refractivity contribution < 1.29 is 14.3 Å². The second-order valence-corrected chi connectivity index (χ2v) is 12.1. The maximum absolute atomic E-state index is 13.8. The first kappa shape index (κ1) is 25.4. The maximum atomic E-state index is 13.8. The van der Waals surface area contributed by atoms with E-state index in [4.69, 9.17) is 9.47 Å². The summed E-state index contributed by atoms with van der Waals surface area (Å²) in [5.74, 6) is 1.10. The highest BCUT2D eigenvalue weighted by atomic mass is 16.5. The Morgan fingerprint density at radius 3 is 2.70 bits per heavy atom. The quantitative estimate of drug-likeness (QED) is 0.271. The zero-order chi connectivity index (χ0) is 27.4. The Morgan fingerprint density at radius 2 is 1.85 bits per heavy atom. The fraction of sp³-hybridized carbons (Fsp3) is 0.400. The average Bonchev–Trinajstić information content (AvgIpc) is 3.32. The van der Waals surface area contributed by atoms with Crippen molar-refractivity contribution in [3.05, 3.63) is 88.6 Å². The Labute approximate surface area is 236 Å². The van der Waals surface area contributed by atoms with Crippen LogP contribution in [0.2, 0.25) is 0 Å². The normalized spacial score (nSPS) is 23.0. The molecule has 3 atom stereocenters. The van der Waals surface area contributed by atoms with E-state index in [1.54, 1.807) is 0 Å². The molecule has 7 rings (SSSR count). The third-order valence-corrected chi connectivity index (χ3v) is 9.55. The number of carbonyl (C=O) groups is 1.